The van der Waals surface area contributed by atoms with Gasteiger partial charge in [-0.2, -0.15) is 0 Å². The Morgan fingerprint density at radius 3 is 2.00 bits per heavy atom. The van der Waals surface area contributed by atoms with Crippen molar-refractivity contribution in [2.45, 2.75) is 52.1 Å². The normalized spacial score (nSPS) is 16.4. The average molecular weight is 214 g/mol. The summed E-state index contributed by atoms with van der Waals surface area (Å²) in [5, 5.41) is 8.38. The van der Waals surface area contributed by atoms with E-state index in [-0.39, 0.29) is 0 Å². The third kappa shape index (κ3) is 8.18. The lowest BCUT2D eigenvalue weighted by molar-refractivity contribution is -0.150. The predicted octanol–water partition coefficient (Wildman–Crippen LogP) is 3.00. The van der Waals surface area contributed by atoms with Gasteiger partial charge in [0.2, 0.25) is 0 Å². The fourth-order valence-corrected chi connectivity index (χ4v) is 1.33. The minimum Gasteiger partial charge on any atom is -0.479 e. The van der Waals surface area contributed by atoms with E-state index < -0.39 is 12.1 Å². The molecule has 0 aliphatic heterocycles. The molecule has 1 aliphatic carbocycles. The van der Waals surface area contributed by atoms with Crippen LogP contribution in [0.3, 0.4) is 0 Å². The zero-order valence-corrected chi connectivity index (χ0v) is 9.74. The van der Waals surface area contributed by atoms with E-state index in [2.05, 4.69) is 12.2 Å². The number of carboxylic acid groups (broad SMARTS) is 1. The molecule has 0 fully saturated rings. The predicted molar refractivity (Wildman–Crippen MR) is 60.9 cm³/mol. The summed E-state index contributed by atoms with van der Waals surface area (Å²) in [5.41, 5.74) is 0. The summed E-state index contributed by atoms with van der Waals surface area (Å²) < 4.78 is 4.85. The van der Waals surface area contributed by atoms with Crippen molar-refractivity contribution in [3.63, 3.8) is 0 Å². The van der Waals surface area contributed by atoms with Crippen LogP contribution in [0.15, 0.2) is 12.2 Å². The average Bonchev–Trinajstić information content (AvgIpc) is 2.28. The molecule has 0 aromatic heterocycles. The van der Waals surface area contributed by atoms with Crippen molar-refractivity contribution < 1.29 is 14.6 Å². The van der Waals surface area contributed by atoms with Gasteiger partial charge in [-0.15, -0.1) is 0 Å². The lowest BCUT2D eigenvalue weighted by atomic mass is 10.1. The highest BCUT2D eigenvalue weighted by Gasteiger charge is 2.13. The minimum atomic E-state index is -0.876. The van der Waals surface area contributed by atoms with Gasteiger partial charge in [-0.05, 0) is 39.0 Å². The Morgan fingerprint density at radius 1 is 1.33 bits per heavy atom. The number of aliphatic carboxylic acids is 1. The van der Waals surface area contributed by atoms with Gasteiger partial charge in [0, 0.05) is 6.61 Å². The van der Waals surface area contributed by atoms with Crippen molar-refractivity contribution in [2.24, 2.45) is 0 Å². The molecule has 0 heterocycles. The zero-order valence-electron chi connectivity index (χ0n) is 9.74. The van der Waals surface area contributed by atoms with Gasteiger partial charge >= 0.3 is 5.97 Å². The molecule has 3 heteroatoms. The molecule has 15 heavy (non-hydrogen) atoms. The van der Waals surface area contributed by atoms with E-state index in [4.69, 9.17) is 9.84 Å². The van der Waals surface area contributed by atoms with Gasteiger partial charge in [-0.3, -0.25) is 0 Å². The third-order valence-electron chi connectivity index (χ3n) is 2.17. The van der Waals surface area contributed by atoms with Gasteiger partial charge in [-0.25, -0.2) is 4.79 Å². The number of carboxylic acids is 1. The second kappa shape index (κ2) is 9.71. The summed E-state index contributed by atoms with van der Waals surface area (Å²) in [6.07, 6.45) is 9.92. The highest BCUT2D eigenvalue weighted by molar-refractivity contribution is 5.72. The van der Waals surface area contributed by atoms with Gasteiger partial charge < -0.3 is 9.84 Å². The quantitative estimate of drug-likeness (QED) is 0.732. The number of hydrogen-bond acceptors (Lipinski definition) is 2. The lowest BCUT2D eigenvalue weighted by Gasteiger charge is -2.07. The number of allylic oxidation sites excluding steroid dienone is 2. The number of carbonyl (C=O) groups is 1. The summed E-state index contributed by atoms with van der Waals surface area (Å²) in [6.45, 7) is 4.03. The molecule has 1 aliphatic rings. The van der Waals surface area contributed by atoms with Crippen LogP contribution in [-0.2, 0) is 9.53 Å². The Labute approximate surface area is 92.1 Å². The molecule has 0 spiro atoms. The molecule has 1 rings (SSSR count). The Bertz CT molecular complexity index is 179. The van der Waals surface area contributed by atoms with Crippen LogP contribution in [0.1, 0.15) is 46.0 Å². The van der Waals surface area contributed by atoms with Gasteiger partial charge in [0.25, 0.3) is 0 Å². The Kier molecular flexibility index (Phi) is 9.18. The topological polar surface area (TPSA) is 46.5 Å². The molecule has 0 saturated carbocycles. The maximum absolute atomic E-state index is 10.2. The summed E-state index contributed by atoms with van der Waals surface area (Å²) in [4.78, 5) is 10.2. The van der Waals surface area contributed by atoms with E-state index in [1.165, 1.54) is 25.7 Å². The summed E-state index contributed by atoms with van der Waals surface area (Å²) >= 11 is 0. The van der Waals surface area contributed by atoms with Crippen molar-refractivity contribution in [3.8, 4) is 0 Å². The first-order valence-electron chi connectivity index (χ1n) is 5.71. The van der Waals surface area contributed by atoms with Crippen molar-refractivity contribution in [1.29, 1.82) is 0 Å². The molecule has 88 valence electrons. The molecular weight excluding hydrogens is 192 g/mol. The molecule has 0 saturated heterocycles. The second-order valence-corrected chi connectivity index (χ2v) is 3.45. The van der Waals surface area contributed by atoms with Crippen molar-refractivity contribution in [1.82, 2.24) is 0 Å². The molecular formula is C12H22O3. The van der Waals surface area contributed by atoms with Gasteiger partial charge in [0.1, 0.15) is 0 Å². The first kappa shape index (κ1) is 14.2. The Morgan fingerprint density at radius 2 is 1.87 bits per heavy atom. The monoisotopic (exact) mass is 214 g/mol. The van der Waals surface area contributed by atoms with Crippen molar-refractivity contribution in [2.75, 3.05) is 6.61 Å². The lowest BCUT2D eigenvalue weighted by Crippen LogP contribution is -2.22. The smallest absolute Gasteiger partial charge is 0.332 e. The molecule has 1 N–H and O–H groups in total. The highest BCUT2D eigenvalue weighted by atomic mass is 16.5. The van der Waals surface area contributed by atoms with Gasteiger partial charge in [0.05, 0.1) is 0 Å². The van der Waals surface area contributed by atoms with E-state index >= 15 is 0 Å². The number of rotatable bonds is 4. The van der Waals surface area contributed by atoms with Crippen LogP contribution in [0.2, 0.25) is 0 Å². The molecule has 0 amide bonds. The van der Waals surface area contributed by atoms with E-state index in [9.17, 15) is 4.79 Å². The SMILES string of the molecule is C1=CCCCC1.CCOC(CC)C(=O)O. The standard InChI is InChI=1S/C6H12O3.C6H10/c1-3-5(6(7)8)9-4-2;1-2-4-6-5-3-1/h5H,3-4H2,1-2H3,(H,7,8);1-2H,3-6H2. The summed E-state index contributed by atoms with van der Waals surface area (Å²) in [5.74, 6) is -0.876. The van der Waals surface area contributed by atoms with E-state index in [0.29, 0.717) is 13.0 Å². The zero-order chi connectivity index (χ0) is 11.5. The van der Waals surface area contributed by atoms with E-state index in [1.54, 1.807) is 13.8 Å². The van der Waals surface area contributed by atoms with Crippen molar-refractivity contribution >= 4 is 5.97 Å². The van der Waals surface area contributed by atoms with Crippen LogP contribution in [0, 0.1) is 0 Å². The molecule has 0 aromatic rings. The molecule has 0 radical (unpaired) electrons. The first-order chi connectivity index (χ1) is 7.22. The summed E-state index contributed by atoms with van der Waals surface area (Å²) in [7, 11) is 0. The van der Waals surface area contributed by atoms with Crippen LogP contribution in [0.25, 0.3) is 0 Å². The van der Waals surface area contributed by atoms with Crippen molar-refractivity contribution in [3.05, 3.63) is 12.2 Å². The Balaban J connectivity index is 0.000000280. The maximum Gasteiger partial charge on any atom is 0.332 e. The molecule has 0 aromatic carbocycles. The van der Waals surface area contributed by atoms with Crippen LogP contribution in [0.5, 0.6) is 0 Å². The van der Waals surface area contributed by atoms with E-state index in [0.717, 1.165) is 0 Å². The molecule has 1 atom stereocenters. The fourth-order valence-electron chi connectivity index (χ4n) is 1.33. The van der Waals surface area contributed by atoms with E-state index in [1.807, 2.05) is 0 Å². The van der Waals surface area contributed by atoms with Crippen LogP contribution < -0.4 is 0 Å². The number of hydrogen-bond donors (Lipinski definition) is 1. The second-order valence-electron chi connectivity index (χ2n) is 3.45. The molecule has 3 nitrogen and oxygen atoms in total. The molecule has 0 bridgehead atoms. The van der Waals surface area contributed by atoms with Gasteiger partial charge in [-0.1, -0.05) is 19.1 Å². The van der Waals surface area contributed by atoms with Gasteiger partial charge in [0.15, 0.2) is 6.10 Å². The highest BCUT2D eigenvalue weighted by Crippen LogP contribution is 2.07. The summed E-state index contributed by atoms with van der Waals surface area (Å²) in [6, 6.07) is 0. The van der Waals surface area contributed by atoms with Crippen LogP contribution in [-0.4, -0.2) is 23.8 Å². The molecule has 1 unspecified atom stereocenters. The largest absolute Gasteiger partial charge is 0.479 e. The first-order valence-corrected chi connectivity index (χ1v) is 5.71. The van der Waals surface area contributed by atoms with Crippen LogP contribution >= 0.6 is 0 Å². The maximum atomic E-state index is 10.2. The number of ether oxygens (including phenoxy) is 1. The minimum absolute atomic E-state index is 0.463. The Hall–Kier alpha value is -0.830. The van der Waals surface area contributed by atoms with Crippen LogP contribution in [0.4, 0.5) is 0 Å². The third-order valence-corrected chi connectivity index (χ3v) is 2.17. The fraction of sp³-hybridized carbons (Fsp3) is 0.750.